The van der Waals surface area contributed by atoms with Gasteiger partial charge in [-0.1, -0.05) is 0 Å². The first kappa shape index (κ1) is 10.4. The van der Waals surface area contributed by atoms with Gasteiger partial charge in [0, 0.05) is 32.8 Å². The lowest BCUT2D eigenvalue weighted by Gasteiger charge is -2.45. The molecule has 0 saturated carbocycles. The van der Waals surface area contributed by atoms with Crippen LogP contribution in [0.15, 0.2) is 0 Å². The average Bonchev–Trinajstić information content (AvgIpc) is 2.08. The number of ether oxygens (including phenoxy) is 2. The van der Waals surface area contributed by atoms with Gasteiger partial charge in [0.05, 0.1) is 25.9 Å². The molecule has 0 bridgehead atoms. The van der Waals surface area contributed by atoms with E-state index >= 15 is 0 Å². The highest BCUT2D eigenvalue weighted by Crippen LogP contribution is 2.16. The number of hydrogen-bond donors (Lipinski definition) is 0. The summed E-state index contributed by atoms with van der Waals surface area (Å²) in [6.45, 7) is 6.11. The molecule has 0 aromatic rings. The van der Waals surface area contributed by atoms with Crippen molar-refractivity contribution in [3.8, 4) is 0 Å². The molecule has 4 heteroatoms. The highest BCUT2D eigenvalue weighted by molar-refractivity contribution is 4.86. The Bertz CT molecular complexity index is 183. The SMILES string of the molecule is COCC1CN(C2COC2)CCN1C. The number of hydrogen-bond acceptors (Lipinski definition) is 4. The van der Waals surface area contributed by atoms with Gasteiger partial charge in [-0.25, -0.2) is 0 Å². The Hall–Kier alpha value is -0.160. The van der Waals surface area contributed by atoms with Crippen LogP contribution in [-0.2, 0) is 9.47 Å². The van der Waals surface area contributed by atoms with Crippen molar-refractivity contribution in [1.82, 2.24) is 9.80 Å². The van der Waals surface area contributed by atoms with Crippen molar-refractivity contribution in [3.05, 3.63) is 0 Å². The quantitative estimate of drug-likeness (QED) is 0.621. The number of nitrogens with zero attached hydrogens (tertiary/aromatic N) is 2. The molecule has 4 nitrogen and oxygen atoms in total. The lowest BCUT2D eigenvalue weighted by molar-refractivity contribution is -0.0887. The van der Waals surface area contributed by atoms with Crippen molar-refractivity contribution in [3.63, 3.8) is 0 Å². The van der Waals surface area contributed by atoms with Crippen LogP contribution in [-0.4, -0.2) is 75.5 Å². The second kappa shape index (κ2) is 4.57. The van der Waals surface area contributed by atoms with E-state index in [9.17, 15) is 0 Å². The Morgan fingerprint density at radius 3 is 2.71 bits per heavy atom. The fourth-order valence-corrected chi connectivity index (χ4v) is 2.11. The van der Waals surface area contributed by atoms with Crippen molar-refractivity contribution in [2.45, 2.75) is 12.1 Å². The molecule has 2 aliphatic heterocycles. The molecule has 1 atom stereocenters. The summed E-state index contributed by atoms with van der Waals surface area (Å²) in [7, 11) is 3.96. The molecule has 0 aliphatic carbocycles. The number of methoxy groups -OCH3 is 1. The molecule has 0 aromatic carbocycles. The van der Waals surface area contributed by atoms with E-state index in [2.05, 4.69) is 16.8 Å². The predicted molar refractivity (Wildman–Crippen MR) is 54.5 cm³/mol. The van der Waals surface area contributed by atoms with Crippen molar-refractivity contribution in [1.29, 1.82) is 0 Å². The van der Waals surface area contributed by atoms with Crippen LogP contribution in [0.3, 0.4) is 0 Å². The molecule has 0 N–H and O–H groups in total. The van der Waals surface area contributed by atoms with E-state index < -0.39 is 0 Å². The van der Waals surface area contributed by atoms with Gasteiger partial charge in [0.25, 0.3) is 0 Å². The number of piperazine rings is 1. The van der Waals surface area contributed by atoms with E-state index in [1.54, 1.807) is 7.11 Å². The maximum atomic E-state index is 5.23. The molecule has 2 heterocycles. The molecule has 2 saturated heterocycles. The van der Waals surface area contributed by atoms with E-state index in [0.717, 1.165) is 32.9 Å². The number of likely N-dealkylation sites (N-methyl/N-ethyl adjacent to an activating group) is 1. The second-order valence-corrected chi connectivity index (χ2v) is 4.28. The van der Waals surface area contributed by atoms with E-state index in [1.807, 2.05) is 0 Å². The summed E-state index contributed by atoms with van der Waals surface area (Å²) in [5.74, 6) is 0. The van der Waals surface area contributed by atoms with E-state index in [0.29, 0.717) is 12.1 Å². The largest absolute Gasteiger partial charge is 0.383 e. The third-order valence-corrected chi connectivity index (χ3v) is 3.30. The molecule has 2 rings (SSSR count). The van der Waals surface area contributed by atoms with E-state index in [4.69, 9.17) is 9.47 Å². The molecule has 2 fully saturated rings. The lowest BCUT2D eigenvalue weighted by atomic mass is 10.1. The smallest absolute Gasteiger partial charge is 0.0645 e. The van der Waals surface area contributed by atoms with Crippen molar-refractivity contribution < 1.29 is 9.47 Å². The average molecular weight is 200 g/mol. The van der Waals surface area contributed by atoms with Crippen LogP contribution in [0.5, 0.6) is 0 Å². The maximum Gasteiger partial charge on any atom is 0.0645 e. The molecule has 1 unspecified atom stereocenters. The predicted octanol–water partition coefficient (Wildman–Crippen LogP) is -0.352. The maximum absolute atomic E-state index is 5.23. The molecule has 0 amide bonds. The van der Waals surface area contributed by atoms with E-state index in [-0.39, 0.29) is 0 Å². The van der Waals surface area contributed by atoms with Gasteiger partial charge in [-0.15, -0.1) is 0 Å². The fourth-order valence-electron chi connectivity index (χ4n) is 2.11. The molecule has 14 heavy (non-hydrogen) atoms. The lowest BCUT2D eigenvalue weighted by Crippen LogP contribution is -2.60. The summed E-state index contributed by atoms with van der Waals surface area (Å²) in [4.78, 5) is 4.92. The highest BCUT2D eigenvalue weighted by Gasteiger charge is 2.32. The minimum Gasteiger partial charge on any atom is -0.383 e. The molecule has 2 aliphatic rings. The van der Waals surface area contributed by atoms with Gasteiger partial charge < -0.3 is 9.47 Å². The summed E-state index contributed by atoms with van der Waals surface area (Å²) in [5, 5.41) is 0. The summed E-state index contributed by atoms with van der Waals surface area (Å²) < 4.78 is 10.5. The van der Waals surface area contributed by atoms with Gasteiger partial charge in [0.2, 0.25) is 0 Å². The molecule has 0 aromatic heterocycles. The monoisotopic (exact) mass is 200 g/mol. The fraction of sp³-hybridized carbons (Fsp3) is 1.00. The molecule has 82 valence electrons. The zero-order chi connectivity index (χ0) is 9.97. The Morgan fingerprint density at radius 1 is 1.36 bits per heavy atom. The molecule has 0 spiro atoms. The minimum absolute atomic E-state index is 0.550. The Morgan fingerprint density at radius 2 is 2.14 bits per heavy atom. The molecular weight excluding hydrogens is 180 g/mol. The summed E-state index contributed by atoms with van der Waals surface area (Å²) in [5.41, 5.74) is 0. The van der Waals surface area contributed by atoms with Crippen molar-refractivity contribution >= 4 is 0 Å². The van der Waals surface area contributed by atoms with Crippen LogP contribution in [0.2, 0.25) is 0 Å². The third kappa shape index (κ3) is 2.08. The van der Waals surface area contributed by atoms with Crippen LogP contribution in [0.4, 0.5) is 0 Å². The van der Waals surface area contributed by atoms with Crippen LogP contribution in [0, 0.1) is 0 Å². The first-order valence-electron chi connectivity index (χ1n) is 5.32. The highest BCUT2D eigenvalue weighted by atomic mass is 16.5. The van der Waals surface area contributed by atoms with Gasteiger partial charge in [0.1, 0.15) is 0 Å². The van der Waals surface area contributed by atoms with Gasteiger partial charge in [-0.3, -0.25) is 9.80 Å². The topological polar surface area (TPSA) is 24.9 Å². The first-order chi connectivity index (χ1) is 6.81. The first-order valence-corrected chi connectivity index (χ1v) is 5.32. The van der Waals surface area contributed by atoms with Gasteiger partial charge in [0.15, 0.2) is 0 Å². The normalized spacial score (nSPS) is 31.7. The zero-order valence-corrected chi connectivity index (χ0v) is 9.11. The van der Waals surface area contributed by atoms with Crippen molar-refractivity contribution in [2.24, 2.45) is 0 Å². The summed E-state index contributed by atoms with van der Waals surface area (Å²) >= 11 is 0. The van der Waals surface area contributed by atoms with Crippen molar-refractivity contribution in [2.75, 3.05) is 53.6 Å². The van der Waals surface area contributed by atoms with Crippen LogP contribution < -0.4 is 0 Å². The standard InChI is InChI=1S/C10H20N2O2/c1-11-3-4-12(10-7-14-8-10)5-9(11)6-13-2/h9-10H,3-8H2,1-2H3. The number of rotatable bonds is 3. The summed E-state index contributed by atoms with van der Waals surface area (Å²) in [6, 6.07) is 1.22. The Kier molecular flexibility index (Phi) is 3.38. The second-order valence-electron chi connectivity index (χ2n) is 4.28. The third-order valence-electron chi connectivity index (χ3n) is 3.30. The van der Waals surface area contributed by atoms with Gasteiger partial charge in [-0.2, -0.15) is 0 Å². The Labute approximate surface area is 85.8 Å². The van der Waals surface area contributed by atoms with Crippen LogP contribution in [0.25, 0.3) is 0 Å². The minimum atomic E-state index is 0.550. The Balaban J connectivity index is 1.84. The summed E-state index contributed by atoms with van der Waals surface area (Å²) in [6.07, 6.45) is 0. The molecular formula is C10H20N2O2. The van der Waals surface area contributed by atoms with E-state index in [1.165, 1.54) is 6.54 Å². The molecule has 0 radical (unpaired) electrons. The van der Waals surface area contributed by atoms with Gasteiger partial charge in [-0.05, 0) is 7.05 Å². The van der Waals surface area contributed by atoms with Crippen LogP contribution >= 0.6 is 0 Å². The van der Waals surface area contributed by atoms with Crippen LogP contribution in [0.1, 0.15) is 0 Å². The van der Waals surface area contributed by atoms with Gasteiger partial charge >= 0.3 is 0 Å². The zero-order valence-electron chi connectivity index (χ0n) is 9.11.